The number of aromatic nitrogens is 1. The maximum Gasteiger partial charge on any atom is 0.270 e. The molecule has 10 heteroatoms. The van der Waals surface area contributed by atoms with Crippen LogP contribution >= 0.6 is 11.3 Å². The number of benzene rings is 1. The van der Waals surface area contributed by atoms with Crippen LogP contribution in [-0.2, 0) is 9.84 Å². The number of carbonyl (C=O) groups is 2. The molecule has 164 valence electrons. The molecule has 1 aromatic heterocycles. The molecular weight excluding hydrogens is 424 g/mol. The number of thiazole rings is 1. The highest BCUT2D eigenvalue weighted by molar-refractivity contribution is 7.90. The molecule has 0 aliphatic rings. The van der Waals surface area contributed by atoms with Gasteiger partial charge in [-0.2, -0.15) is 0 Å². The first kappa shape index (κ1) is 24.0. The van der Waals surface area contributed by atoms with Gasteiger partial charge in [0, 0.05) is 42.4 Å². The van der Waals surface area contributed by atoms with Crippen molar-refractivity contribution in [2.75, 3.05) is 24.7 Å². The maximum absolute atomic E-state index is 12.3. The fourth-order valence-corrected chi connectivity index (χ4v) is 4.28. The first-order valence-electron chi connectivity index (χ1n) is 9.60. The van der Waals surface area contributed by atoms with Gasteiger partial charge in [0.2, 0.25) is 0 Å². The first-order valence-corrected chi connectivity index (χ1v) is 12.4. The van der Waals surface area contributed by atoms with Gasteiger partial charge in [0.25, 0.3) is 11.8 Å². The molecule has 30 heavy (non-hydrogen) atoms. The zero-order chi connectivity index (χ0) is 22.5. The summed E-state index contributed by atoms with van der Waals surface area (Å²) in [6, 6.07) is 6.39. The second-order valence-corrected chi connectivity index (χ2v) is 10.3. The van der Waals surface area contributed by atoms with Crippen LogP contribution < -0.4 is 10.6 Å². The Balaban J connectivity index is 1.92. The van der Waals surface area contributed by atoms with Crippen molar-refractivity contribution in [1.82, 2.24) is 15.2 Å². The quantitative estimate of drug-likeness (QED) is 0.605. The lowest BCUT2D eigenvalue weighted by molar-refractivity contribution is 0.0934. The molecule has 0 aliphatic heterocycles. The molecule has 2 N–H and O–H groups in total. The number of anilines is 1. The van der Waals surface area contributed by atoms with Gasteiger partial charge in [0.05, 0.1) is 4.90 Å². The van der Waals surface area contributed by atoms with E-state index < -0.39 is 15.7 Å². The summed E-state index contributed by atoms with van der Waals surface area (Å²) in [5.41, 5.74) is 0.537. The van der Waals surface area contributed by atoms with Gasteiger partial charge in [-0.1, -0.05) is 0 Å². The molecule has 1 heterocycles. The molecule has 0 atom stereocenters. The minimum Gasteiger partial charge on any atom is -0.349 e. The second kappa shape index (κ2) is 10.1. The average Bonchev–Trinajstić information content (AvgIpc) is 3.12. The molecule has 0 saturated heterocycles. The highest BCUT2D eigenvalue weighted by atomic mass is 32.2. The van der Waals surface area contributed by atoms with Gasteiger partial charge < -0.3 is 5.32 Å². The van der Waals surface area contributed by atoms with Crippen LogP contribution in [0, 0.1) is 0 Å². The lowest BCUT2D eigenvalue weighted by Gasteiger charge is -2.30. The number of amides is 2. The monoisotopic (exact) mass is 452 g/mol. The van der Waals surface area contributed by atoms with Crippen molar-refractivity contribution in [3.8, 4) is 0 Å². The number of rotatable bonds is 9. The highest BCUT2D eigenvalue weighted by Gasteiger charge is 2.16. The van der Waals surface area contributed by atoms with Crippen LogP contribution in [0.15, 0.2) is 34.5 Å². The molecule has 0 aliphatic carbocycles. The van der Waals surface area contributed by atoms with Gasteiger partial charge in [-0.3, -0.25) is 19.8 Å². The Labute approximate surface area is 181 Å². The first-order chi connectivity index (χ1) is 14.0. The molecule has 1 aromatic carbocycles. The third-order valence-corrected chi connectivity index (χ3v) is 6.37. The normalized spacial score (nSPS) is 11.9. The van der Waals surface area contributed by atoms with E-state index in [1.165, 1.54) is 24.3 Å². The zero-order valence-corrected chi connectivity index (χ0v) is 19.4. The van der Waals surface area contributed by atoms with Crippen molar-refractivity contribution >= 4 is 38.1 Å². The van der Waals surface area contributed by atoms with Crippen LogP contribution in [0.2, 0.25) is 0 Å². The van der Waals surface area contributed by atoms with Crippen LogP contribution in [0.3, 0.4) is 0 Å². The summed E-state index contributed by atoms with van der Waals surface area (Å²) in [5.74, 6) is -0.724. The van der Waals surface area contributed by atoms with E-state index in [4.69, 9.17) is 0 Å². The maximum atomic E-state index is 12.3. The van der Waals surface area contributed by atoms with Crippen molar-refractivity contribution in [2.24, 2.45) is 0 Å². The third kappa shape index (κ3) is 6.61. The van der Waals surface area contributed by atoms with E-state index in [9.17, 15) is 18.0 Å². The average molecular weight is 453 g/mol. The van der Waals surface area contributed by atoms with Crippen LogP contribution in [0.1, 0.15) is 48.5 Å². The van der Waals surface area contributed by atoms with Gasteiger partial charge in [-0.05, 0) is 52.0 Å². The Morgan fingerprint density at radius 2 is 1.67 bits per heavy atom. The fourth-order valence-electron chi connectivity index (χ4n) is 2.96. The largest absolute Gasteiger partial charge is 0.349 e. The Morgan fingerprint density at radius 3 is 2.20 bits per heavy atom. The van der Waals surface area contributed by atoms with Gasteiger partial charge >= 0.3 is 0 Å². The SMILES string of the molecule is CC(C)N(CCNC(=O)c1csc(NC(=O)c2ccc(S(C)(=O)=O)cc2)n1)C(C)C. The van der Waals surface area contributed by atoms with Gasteiger partial charge in [0.1, 0.15) is 5.69 Å². The topological polar surface area (TPSA) is 108 Å². The summed E-state index contributed by atoms with van der Waals surface area (Å²) in [4.78, 5) is 31.2. The molecular formula is C20H28N4O4S2. The lowest BCUT2D eigenvalue weighted by atomic mass is 10.2. The molecule has 8 nitrogen and oxygen atoms in total. The summed E-state index contributed by atoms with van der Waals surface area (Å²) in [5, 5.41) is 7.36. The zero-order valence-electron chi connectivity index (χ0n) is 17.8. The van der Waals surface area contributed by atoms with Crippen LogP contribution in [0.25, 0.3) is 0 Å². The van der Waals surface area contributed by atoms with E-state index in [0.717, 1.165) is 24.1 Å². The molecule has 0 fully saturated rings. The Kier molecular flexibility index (Phi) is 8.10. The summed E-state index contributed by atoms with van der Waals surface area (Å²) >= 11 is 1.15. The third-order valence-electron chi connectivity index (χ3n) is 4.48. The lowest BCUT2D eigenvalue weighted by Crippen LogP contribution is -2.42. The number of sulfone groups is 1. The Morgan fingerprint density at radius 1 is 1.07 bits per heavy atom. The van der Waals surface area contributed by atoms with E-state index in [2.05, 4.69) is 48.2 Å². The van der Waals surface area contributed by atoms with Crippen LogP contribution in [0.4, 0.5) is 5.13 Å². The summed E-state index contributed by atoms with van der Waals surface area (Å²) < 4.78 is 23.0. The minimum absolute atomic E-state index is 0.140. The van der Waals surface area contributed by atoms with Crippen LogP contribution in [-0.4, -0.2) is 61.5 Å². The molecule has 0 unspecified atom stereocenters. The second-order valence-electron chi connectivity index (χ2n) is 7.47. The summed E-state index contributed by atoms with van der Waals surface area (Å²) in [7, 11) is -3.32. The fraction of sp³-hybridized carbons (Fsp3) is 0.450. The number of nitrogens with zero attached hydrogens (tertiary/aromatic N) is 2. The standard InChI is InChI=1S/C20H28N4O4S2/c1-13(2)24(14(3)4)11-10-21-19(26)17-12-29-20(22-17)23-18(25)15-6-8-16(9-7-15)30(5,27)28/h6-9,12-14H,10-11H2,1-5H3,(H,21,26)(H,22,23,25). The molecule has 0 saturated carbocycles. The molecule has 0 spiro atoms. The van der Waals surface area contributed by atoms with Crippen molar-refractivity contribution < 1.29 is 18.0 Å². The molecule has 2 aromatic rings. The summed E-state index contributed by atoms with van der Waals surface area (Å²) in [6.07, 6.45) is 1.10. The van der Waals surface area contributed by atoms with Crippen LogP contribution in [0.5, 0.6) is 0 Å². The number of hydrogen-bond donors (Lipinski definition) is 2. The van der Waals surface area contributed by atoms with Gasteiger partial charge in [-0.15, -0.1) is 11.3 Å². The highest BCUT2D eigenvalue weighted by Crippen LogP contribution is 2.17. The van der Waals surface area contributed by atoms with E-state index in [-0.39, 0.29) is 16.5 Å². The molecule has 0 bridgehead atoms. The predicted molar refractivity (Wildman–Crippen MR) is 119 cm³/mol. The Hall–Kier alpha value is -2.30. The smallest absolute Gasteiger partial charge is 0.270 e. The Bertz CT molecular complexity index is 974. The van der Waals surface area contributed by atoms with Gasteiger partial charge in [-0.25, -0.2) is 13.4 Å². The van der Waals surface area contributed by atoms with Crippen molar-refractivity contribution in [2.45, 2.75) is 44.7 Å². The number of carbonyl (C=O) groups excluding carboxylic acids is 2. The minimum atomic E-state index is -3.32. The molecule has 2 rings (SSSR count). The van der Waals surface area contributed by atoms with E-state index in [1.54, 1.807) is 5.38 Å². The predicted octanol–water partition coefficient (Wildman–Crippen LogP) is 2.65. The number of nitrogens with one attached hydrogen (secondary N) is 2. The van der Waals surface area contributed by atoms with Crippen molar-refractivity contribution in [3.05, 3.63) is 40.9 Å². The van der Waals surface area contributed by atoms with Crippen molar-refractivity contribution in [1.29, 1.82) is 0 Å². The van der Waals surface area contributed by atoms with Gasteiger partial charge in [0.15, 0.2) is 15.0 Å². The summed E-state index contributed by atoms with van der Waals surface area (Å²) in [6.45, 7) is 9.70. The molecule has 0 radical (unpaired) electrons. The molecule has 2 amide bonds. The van der Waals surface area contributed by atoms with Crippen molar-refractivity contribution in [3.63, 3.8) is 0 Å². The number of hydrogen-bond acceptors (Lipinski definition) is 7. The van der Waals surface area contributed by atoms with E-state index >= 15 is 0 Å². The van der Waals surface area contributed by atoms with E-state index in [0.29, 0.717) is 29.3 Å². The van der Waals surface area contributed by atoms with E-state index in [1.807, 2.05) is 0 Å².